The SMILES string of the molecule is COc1ccc(C(=O)NNc2ncnc(Nc3ccccc3)c2[N+](=O)[O-])cc1. The number of hydrogen-bond donors (Lipinski definition) is 3. The number of anilines is 3. The number of aromatic nitrogens is 2. The van der Waals surface area contributed by atoms with Crippen molar-refractivity contribution in [3.05, 3.63) is 76.6 Å². The van der Waals surface area contributed by atoms with E-state index in [4.69, 9.17) is 4.74 Å². The van der Waals surface area contributed by atoms with Gasteiger partial charge < -0.3 is 10.1 Å². The minimum absolute atomic E-state index is 0.00704. The minimum Gasteiger partial charge on any atom is -0.497 e. The number of carbonyl (C=O) groups excluding carboxylic acids is 1. The van der Waals surface area contributed by atoms with Gasteiger partial charge in [-0.3, -0.25) is 25.8 Å². The van der Waals surface area contributed by atoms with Gasteiger partial charge >= 0.3 is 5.69 Å². The van der Waals surface area contributed by atoms with Crippen LogP contribution in [-0.4, -0.2) is 27.9 Å². The van der Waals surface area contributed by atoms with E-state index in [2.05, 4.69) is 26.1 Å². The predicted molar refractivity (Wildman–Crippen MR) is 102 cm³/mol. The summed E-state index contributed by atoms with van der Waals surface area (Å²) < 4.78 is 5.04. The highest BCUT2D eigenvalue weighted by atomic mass is 16.6. The van der Waals surface area contributed by atoms with Crippen molar-refractivity contribution in [2.45, 2.75) is 0 Å². The van der Waals surface area contributed by atoms with Gasteiger partial charge in [0.2, 0.25) is 11.6 Å². The van der Waals surface area contributed by atoms with Gasteiger partial charge in [0, 0.05) is 11.3 Å². The molecule has 0 saturated heterocycles. The Morgan fingerprint density at radius 2 is 1.71 bits per heavy atom. The van der Waals surface area contributed by atoms with Crippen molar-refractivity contribution < 1.29 is 14.5 Å². The summed E-state index contributed by atoms with van der Waals surface area (Å²) in [5.74, 6) is -0.0478. The molecule has 1 aromatic heterocycles. The van der Waals surface area contributed by atoms with Crippen LogP contribution in [0.25, 0.3) is 0 Å². The lowest BCUT2D eigenvalue weighted by Gasteiger charge is -2.11. The van der Waals surface area contributed by atoms with E-state index < -0.39 is 16.5 Å². The fraction of sp³-hybridized carbons (Fsp3) is 0.0556. The van der Waals surface area contributed by atoms with Crippen LogP contribution in [0.3, 0.4) is 0 Å². The van der Waals surface area contributed by atoms with Gasteiger partial charge in [0.05, 0.1) is 12.0 Å². The van der Waals surface area contributed by atoms with Crippen LogP contribution in [0.4, 0.5) is 23.0 Å². The van der Waals surface area contributed by atoms with Crippen molar-refractivity contribution in [3.8, 4) is 5.75 Å². The molecule has 0 unspecified atom stereocenters. The molecule has 0 bridgehead atoms. The summed E-state index contributed by atoms with van der Waals surface area (Å²) in [7, 11) is 1.52. The number of ether oxygens (including phenoxy) is 1. The van der Waals surface area contributed by atoms with Crippen molar-refractivity contribution in [1.82, 2.24) is 15.4 Å². The molecule has 0 aliphatic rings. The number of hydrogen-bond acceptors (Lipinski definition) is 8. The van der Waals surface area contributed by atoms with Gasteiger partial charge in [-0.2, -0.15) is 0 Å². The van der Waals surface area contributed by atoms with Crippen molar-refractivity contribution in [2.24, 2.45) is 0 Å². The zero-order chi connectivity index (χ0) is 19.9. The second kappa shape index (κ2) is 8.45. The summed E-state index contributed by atoms with van der Waals surface area (Å²) in [6, 6.07) is 15.2. The highest BCUT2D eigenvalue weighted by molar-refractivity contribution is 5.95. The molecule has 0 spiro atoms. The maximum absolute atomic E-state index is 12.2. The number of methoxy groups -OCH3 is 1. The molecule has 1 heterocycles. The molecule has 3 N–H and O–H groups in total. The van der Waals surface area contributed by atoms with Crippen LogP contribution in [0.1, 0.15) is 10.4 Å². The van der Waals surface area contributed by atoms with E-state index in [0.717, 1.165) is 6.33 Å². The molecule has 0 aliphatic heterocycles. The highest BCUT2D eigenvalue weighted by Gasteiger charge is 2.23. The van der Waals surface area contributed by atoms with Crippen LogP contribution in [-0.2, 0) is 0 Å². The van der Waals surface area contributed by atoms with E-state index in [1.807, 2.05) is 6.07 Å². The molecular weight excluding hydrogens is 364 g/mol. The molecule has 2 aromatic carbocycles. The van der Waals surface area contributed by atoms with Crippen molar-refractivity contribution >= 4 is 28.9 Å². The first kappa shape index (κ1) is 18.6. The zero-order valence-electron chi connectivity index (χ0n) is 14.7. The van der Waals surface area contributed by atoms with Gasteiger partial charge in [-0.25, -0.2) is 9.97 Å². The number of para-hydroxylation sites is 1. The molecule has 1 amide bonds. The van der Waals surface area contributed by atoms with Crippen LogP contribution >= 0.6 is 0 Å². The number of nitrogens with zero attached hydrogens (tertiary/aromatic N) is 3. The zero-order valence-corrected chi connectivity index (χ0v) is 14.7. The predicted octanol–water partition coefficient (Wildman–Crippen LogP) is 2.89. The normalized spacial score (nSPS) is 10.0. The number of carbonyl (C=O) groups is 1. The average molecular weight is 380 g/mol. The maximum atomic E-state index is 12.2. The quantitative estimate of drug-likeness (QED) is 0.421. The Morgan fingerprint density at radius 1 is 1.04 bits per heavy atom. The molecule has 3 aromatic rings. The molecule has 0 aliphatic carbocycles. The van der Waals surface area contributed by atoms with E-state index in [9.17, 15) is 14.9 Å². The topological polar surface area (TPSA) is 131 Å². The lowest BCUT2D eigenvalue weighted by atomic mass is 10.2. The van der Waals surface area contributed by atoms with Gasteiger partial charge in [-0.15, -0.1) is 0 Å². The third-order valence-corrected chi connectivity index (χ3v) is 3.69. The minimum atomic E-state index is -0.632. The molecule has 0 radical (unpaired) electrons. The third-order valence-electron chi connectivity index (χ3n) is 3.69. The summed E-state index contributed by atoms with van der Waals surface area (Å²) >= 11 is 0. The number of amides is 1. The number of nitro groups is 1. The smallest absolute Gasteiger partial charge is 0.355 e. The first-order valence-corrected chi connectivity index (χ1v) is 8.10. The highest BCUT2D eigenvalue weighted by Crippen LogP contribution is 2.30. The Kier molecular flexibility index (Phi) is 5.60. The van der Waals surface area contributed by atoms with Crippen LogP contribution in [0.15, 0.2) is 60.9 Å². The van der Waals surface area contributed by atoms with Gasteiger partial charge in [0.25, 0.3) is 5.91 Å². The van der Waals surface area contributed by atoms with E-state index in [1.165, 1.54) is 7.11 Å². The van der Waals surface area contributed by atoms with E-state index in [0.29, 0.717) is 17.0 Å². The monoisotopic (exact) mass is 380 g/mol. The fourth-order valence-electron chi connectivity index (χ4n) is 2.32. The van der Waals surface area contributed by atoms with Crippen molar-refractivity contribution in [3.63, 3.8) is 0 Å². The van der Waals surface area contributed by atoms with Crippen LogP contribution in [0.5, 0.6) is 5.75 Å². The number of rotatable bonds is 7. The summed E-state index contributed by atoms with van der Waals surface area (Å²) in [5, 5.41) is 14.4. The van der Waals surface area contributed by atoms with E-state index >= 15 is 0 Å². The van der Waals surface area contributed by atoms with Crippen LogP contribution in [0, 0.1) is 10.1 Å². The van der Waals surface area contributed by atoms with E-state index in [1.54, 1.807) is 48.5 Å². The molecule has 28 heavy (non-hydrogen) atoms. The number of hydrazine groups is 1. The Labute approximate surface area is 159 Å². The van der Waals surface area contributed by atoms with Gasteiger partial charge in [0.15, 0.2) is 0 Å². The second-order valence-electron chi connectivity index (χ2n) is 5.48. The van der Waals surface area contributed by atoms with Crippen molar-refractivity contribution in [2.75, 3.05) is 17.9 Å². The van der Waals surface area contributed by atoms with Crippen LogP contribution < -0.4 is 20.9 Å². The molecule has 0 atom stereocenters. The molecular formula is C18H16N6O4. The molecule has 3 rings (SSSR count). The average Bonchev–Trinajstić information content (AvgIpc) is 2.72. The Bertz CT molecular complexity index is 979. The van der Waals surface area contributed by atoms with Gasteiger partial charge in [-0.1, -0.05) is 18.2 Å². The molecule has 0 fully saturated rings. The summed E-state index contributed by atoms with van der Waals surface area (Å²) in [6.07, 6.45) is 1.15. The number of benzene rings is 2. The summed E-state index contributed by atoms with van der Waals surface area (Å²) in [6.45, 7) is 0. The first-order valence-electron chi connectivity index (χ1n) is 8.10. The third kappa shape index (κ3) is 4.30. The molecule has 142 valence electrons. The lowest BCUT2D eigenvalue weighted by Crippen LogP contribution is -2.30. The maximum Gasteiger partial charge on any atom is 0.355 e. The molecule has 10 nitrogen and oxygen atoms in total. The second-order valence-corrected chi connectivity index (χ2v) is 5.48. The van der Waals surface area contributed by atoms with Crippen molar-refractivity contribution in [1.29, 1.82) is 0 Å². The molecule has 10 heteroatoms. The summed E-state index contributed by atoms with van der Waals surface area (Å²) in [5.41, 5.74) is 5.43. The Balaban J connectivity index is 1.78. The Hall–Kier alpha value is -4.21. The fourth-order valence-corrected chi connectivity index (χ4v) is 2.32. The van der Waals surface area contributed by atoms with Gasteiger partial charge in [0.1, 0.15) is 12.1 Å². The Morgan fingerprint density at radius 3 is 2.36 bits per heavy atom. The summed E-state index contributed by atoms with van der Waals surface area (Å²) in [4.78, 5) is 30.9. The van der Waals surface area contributed by atoms with Gasteiger partial charge in [-0.05, 0) is 36.4 Å². The first-order chi connectivity index (χ1) is 13.6. The van der Waals surface area contributed by atoms with E-state index in [-0.39, 0.29) is 11.6 Å². The molecule has 0 saturated carbocycles. The standard InChI is InChI=1S/C18H16N6O4/c1-28-14-9-7-12(8-10-14)18(25)23-22-17-15(24(26)27)16(19-11-20-17)21-13-5-3-2-4-6-13/h2-11H,1H3,(H,23,25)(H2,19,20,21,22). The van der Waals surface area contributed by atoms with Crippen LogP contribution in [0.2, 0.25) is 0 Å². The lowest BCUT2D eigenvalue weighted by molar-refractivity contribution is -0.383. The number of nitrogens with one attached hydrogen (secondary N) is 3. The largest absolute Gasteiger partial charge is 0.497 e.